The third kappa shape index (κ3) is 25.8. The molecule has 1 aromatic rings. The molecule has 4 fully saturated rings. The number of aliphatic hydroxyl groups excluding tert-OH is 6. The molecule has 1 aromatic carbocycles. The number of carbonyl (C=O) groups is 6. The van der Waals surface area contributed by atoms with Crippen LogP contribution >= 0.6 is 0 Å². The first-order chi connectivity index (χ1) is 46.4. The van der Waals surface area contributed by atoms with Gasteiger partial charge in [-0.25, -0.2) is 28.8 Å². The second-order valence-electron chi connectivity index (χ2n) is 33.0. The minimum absolute atomic E-state index is 0.0293. The Balaban J connectivity index is 1.77. The number of aliphatic hydroxyl groups is 6. The molecule has 0 spiro atoms. The van der Waals surface area contributed by atoms with Crippen molar-refractivity contribution < 1.29 is 129 Å². The second kappa shape index (κ2) is 34.2. The summed E-state index contributed by atoms with van der Waals surface area (Å²) in [4.78, 5) is 81.4. The molecule has 586 valence electrons. The van der Waals surface area contributed by atoms with Crippen LogP contribution in [0, 0.1) is 0 Å². The molecule has 16 unspecified atom stereocenters. The lowest BCUT2D eigenvalue weighted by Gasteiger charge is -2.49. The first-order valence-corrected chi connectivity index (χ1v) is 35.8. The van der Waals surface area contributed by atoms with Gasteiger partial charge in [-0.1, -0.05) is 53.7 Å². The van der Waals surface area contributed by atoms with Gasteiger partial charge < -0.3 is 119 Å². The summed E-state index contributed by atoms with van der Waals surface area (Å²) >= 11 is 0. The van der Waals surface area contributed by atoms with Crippen molar-refractivity contribution in [3.8, 4) is 0 Å². The summed E-state index contributed by atoms with van der Waals surface area (Å²) < 4.78 is 109. The van der Waals surface area contributed by atoms with Gasteiger partial charge in [0.1, 0.15) is 124 Å². The van der Waals surface area contributed by atoms with Gasteiger partial charge in [0.05, 0.1) is 18.7 Å². The van der Waals surface area contributed by atoms with Crippen LogP contribution in [-0.4, -0.2) is 245 Å². The fourth-order valence-corrected chi connectivity index (χ4v) is 12.9. The number of ether oxygens (including phenoxy) is 12. The van der Waals surface area contributed by atoms with Crippen LogP contribution in [0.25, 0.3) is 0 Å². The van der Waals surface area contributed by atoms with E-state index in [-0.39, 0.29) is 22.6 Å². The zero-order chi connectivity index (χ0) is 77.7. The lowest BCUT2D eigenvalue weighted by Crippen LogP contribution is -2.70. The maximum Gasteiger partial charge on any atom is 0.408 e. The van der Waals surface area contributed by atoms with Crippen LogP contribution in [0.3, 0.4) is 0 Å². The Morgan fingerprint density at radius 1 is 0.422 bits per heavy atom. The molecular formula is C68H116N6O27S. The monoisotopic (exact) mass is 1480 g/mol. The van der Waals surface area contributed by atoms with E-state index >= 15 is 8.42 Å². The molecule has 0 aromatic heterocycles. The molecule has 1 saturated carbocycles. The Morgan fingerprint density at radius 2 is 0.755 bits per heavy atom. The number of alkyl carbamates (subject to hydrolysis) is 6. The van der Waals surface area contributed by atoms with Crippen LogP contribution in [0.2, 0.25) is 0 Å². The van der Waals surface area contributed by atoms with Gasteiger partial charge in [-0.05, 0) is 165 Å². The Bertz CT molecular complexity index is 3080. The number of amides is 6. The van der Waals surface area contributed by atoms with Crippen molar-refractivity contribution in [1.29, 1.82) is 0 Å². The number of carbonyl (C=O) groups excluding carboxylic acids is 6. The molecule has 33 nitrogen and oxygen atoms in total. The standard InChI is InChI=1S/C68H116N6O27S/c1-31(2)34-25-35(32(3)4)53(36(26-34)33(5)6)102(87,88)89-30-41-51(94-55-43(74-62(86)101-68(22,23)24)48(79)46(77)40(91-55)29-70-58(82)97-64(10,11)12)49(80)56(92-41)95-52-44(75)37(71-59(83)98-65(13,14)15)27-38(72-60(84)99-66(16,17)18)50(52)93-54-42(73-61(85)100-67(19,20)21)47(78)45(76)39(90-54)28-69-57(81)96-63(7,8)9/h25-26,31-33,37-52,54-56,75-80H,27-30H2,1-24H3,(H,69,81)(H,70,82)(H,71,83)(H,72,84)(H,73,85)(H,74,86)/t37-,38?,39?,40?,41-,42?,43?,44?,45?,46?,47?,48?,49?,50?,51?,52?,54?,55?,56+/m1/s1. The van der Waals surface area contributed by atoms with Gasteiger partial charge in [0, 0.05) is 13.1 Å². The lowest BCUT2D eigenvalue weighted by atomic mass is 9.83. The number of rotatable bonds is 21. The Hall–Kier alpha value is -5.73. The number of benzene rings is 1. The first kappa shape index (κ1) is 86.9. The minimum Gasteiger partial charge on any atom is -0.444 e. The van der Waals surface area contributed by atoms with E-state index in [0.29, 0.717) is 11.1 Å². The summed E-state index contributed by atoms with van der Waals surface area (Å²) in [5, 5.41) is 88.3. The Labute approximate surface area is 598 Å². The molecule has 0 radical (unpaired) electrons. The van der Waals surface area contributed by atoms with Gasteiger partial charge in [0.2, 0.25) is 0 Å². The van der Waals surface area contributed by atoms with Crippen molar-refractivity contribution >= 4 is 46.7 Å². The van der Waals surface area contributed by atoms with E-state index in [2.05, 4.69) is 31.9 Å². The Morgan fingerprint density at radius 3 is 1.12 bits per heavy atom. The molecule has 0 bridgehead atoms. The smallest absolute Gasteiger partial charge is 0.408 e. The fourth-order valence-electron chi connectivity index (χ4n) is 11.3. The van der Waals surface area contributed by atoms with Crippen LogP contribution < -0.4 is 31.9 Å². The SMILES string of the molecule is CC(C)c1cc(C(C)C)c(S(=O)(=O)OC[C@H]2O[C@@H](OC3C(OC4OC(CNC(=O)OC(C)(C)C)C(O)C(O)C4NC(=O)OC(C)(C)C)C(NC(=O)OC(C)(C)C)C[C@@H](NC(=O)OC(C)(C)C)C3O)C(O)C2OC2OC(CNC(=O)OC(C)(C)C)C(O)C(O)C2NC(=O)OC(C)(C)C)c(C(C)C)c1. The van der Waals surface area contributed by atoms with Gasteiger partial charge in [0.15, 0.2) is 18.9 Å². The summed E-state index contributed by atoms with van der Waals surface area (Å²) in [5.74, 6) is -0.807. The second-order valence-corrected chi connectivity index (χ2v) is 34.5. The topological polar surface area (TPSA) is 450 Å². The predicted octanol–water partition coefficient (Wildman–Crippen LogP) is 5.28. The van der Waals surface area contributed by atoms with Gasteiger partial charge in [-0.2, -0.15) is 8.42 Å². The molecule has 12 N–H and O–H groups in total. The van der Waals surface area contributed by atoms with Crippen molar-refractivity contribution in [3.05, 3.63) is 28.8 Å². The van der Waals surface area contributed by atoms with Crippen LogP contribution in [0.4, 0.5) is 28.8 Å². The maximum atomic E-state index is 15.1. The van der Waals surface area contributed by atoms with E-state index in [1.165, 1.54) is 0 Å². The summed E-state index contributed by atoms with van der Waals surface area (Å²) in [6.07, 6.45) is -36.6. The highest BCUT2D eigenvalue weighted by molar-refractivity contribution is 7.86. The molecule has 34 heteroatoms. The predicted molar refractivity (Wildman–Crippen MR) is 364 cm³/mol. The van der Waals surface area contributed by atoms with Crippen molar-refractivity contribution in [3.63, 3.8) is 0 Å². The Kier molecular flexibility index (Phi) is 29.2. The minimum atomic E-state index is -4.88. The zero-order valence-electron chi connectivity index (χ0n) is 63.3. The zero-order valence-corrected chi connectivity index (χ0v) is 64.2. The van der Waals surface area contributed by atoms with E-state index in [0.717, 1.165) is 5.56 Å². The highest BCUT2D eigenvalue weighted by atomic mass is 32.2. The molecule has 1 aliphatic carbocycles. The quantitative estimate of drug-likeness (QED) is 0.0550. The largest absolute Gasteiger partial charge is 0.444 e. The van der Waals surface area contributed by atoms with Crippen LogP contribution in [-0.2, 0) is 71.1 Å². The van der Waals surface area contributed by atoms with Crippen LogP contribution in [0.5, 0.6) is 0 Å². The third-order valence-electron chi connectivity index (χ3n) is 15.7. The first-order valence-electron chi connectivity index (χ1n) is 34.4. The highest BCUT2D eigenvalue weighted by Crippen LogP contribution is 2.40. The number of hydrogen-bond donors (Lipinski definition) is 12. The molecule has 3 aliphatic heterocycles. The average molecular weight is 1480 g/mol. The molecule has 102 heavy (non-hydrogen) atoms. The van der Waals surface area contributed by atoms with Gasteiger partial charge >= 0.3 is 36.6 Å². The normalized spacial score (nSPS) is 29.9. The van der Waals surface area contributed by atoms with Crippen molar-refractivity contribution in [2.75, 3.05) is 19.7 Å². The lowest BCUT2D eigenvalue weighted by molar-refractivity contribution is -0.311. The molecule has 4 aliphatic rings. The van der Waals surface area contributed by atoms with E-state index in [1.54, 1.807) is 137 Å². The molecule has 19 atom stereocenters. The van der Waals surface area contributed by atoms with E-state index in [9.17, 15) is 59.4 Å². The van der Waals surface area contributed by atoms with Crippen LogP contribution in [0.15, 0.2) is 17.0 Å². The fraction of sp³-hybridized carbons (Fsp3) is 0.824. The van der Waals surface area contributed by atoms with Crippen molar-refractivity contribution in [2.24, 2.45) is 0 Å². The van der Waals surface area contributed by atoms with Crippen molar-refractivity contribution in [2.45, 2.75) is 345 Å². The molecular weight excluding hydrogens is 1360 g/mol. The number of nitrogens with one attached hydrogen (secondary N) is 6. The molecule has 3 saturated heterocycles. The molecule has 3 heterocycles. The molecule has 5 rings (SSSR count). The average Bonchev–Trinajstić information content (AvgIpc) is 1.16. The maximum absolute atomic E-state index is 15.1. The van der Waals surface area contributed by atoms with Crippen molar-refractivity contribution in [1.82, 2.24) is 31.9 Å². The number of hydrogen-bond acceptors (Lipinski definition) is 27. The summed E-state index contributed by atoms with van der Waals surface area (Å²) in [6.45, 7) is 37.2. The van der Waals surface area contributed by atoms with E-state index in [1.807, 2.05) is 41.5 Å². The van der Waals surface area contributed by atoms with E-state index < -0.39 is 223 Å². The van der Waals surface area contributed by atoms with Gasteiger partial charge in [0.25, 0.3) is 10.1 Å². The highest BCUT2D eigenvalue weighted by Gasteiger charge is 2.58. The van der Waals surface area contributed by atoms with Gasteiger partial charge in [-0.15, -0.1) is 0 Å². The summed E-state index contributed by atoms with van der Waals surface area (Å²) in [5.41, 5.74) is -4.95. The summed E-state index contributed by atoms with van der Waals surface area (Å²) in [6, 6.07) is -3.24. The summed E-state index contributed by atoms with van der Waals surface area (Å²) in [7, 11) is -4.88. The van der Waals surface area contributed by atoms with E-state index in [4.69, 9.17) is 61.0 Å². The van der Waals surface area contributed by atoms with Gasteiger partial charge in [-0.3, -0.25) is 4.18 Å². The third-order valence-corrected chi connectivity index (χ3v) is 17.1. The van der Waals surface area contributed by atoms with Crippen LogP contribution in [0.1, 0.15) is 207 Å². The molecule has 6 amide bonds.